The lowest BCUT2D eigenvalue weighted by atomic mass is 10.0. The normalized spacial score (nSPS) is 14.0. The van der Waals surface area contributed by atoms with Gasteiger partial charge in [0.1, 0.15) is 5.75 Å². The van der Waals surface area contributed by atoms with Crippen LogP contribution in [0.2, 0.25) is 0 Å². The number of amides is 1. The molecule has 0 radical (unpaired) electrons. The number of carbonyl (C=O) groups is 1. The van der Waals surface area contributed by atoms with Gasteiger partial charge in [0.15, 0.2) is 0 Å². The van der Waals surface area contributed by atoms with Crippen LogP contribution in [0.3, 0.4) is 0 Å². The van der Waals surface area contributed by atoms with E-state index >= 15 is 0 Å². The molecule has 106 valence electrons. The largest absolute Gasteiger partial charge is 0.435 e. The number of ether oxygens (including phenoxy) is 1. The zero-order valence-electron chi connectivity index (χ0n) is 10.9. The summed E-state index contributed by atoms with van der Waals surface area (Å²) in [5, 5.41) is 2.77. The molecule has 0 spiro atoms. The van der Waals surface area contributed by atoms with Crippen LogP contribution in [0.1, 0.15) is 24.2 Å². The Morgan fingerprint density at radius 1 is 1.42 bits per heavy atom. The summed E-state index contributed by atoms with van der Waals surface area (Å²) < 4.78 is 28.4. The van der Waals surface area contributed by atoms with E-state index in [1.807, 2.05) is 13.8 Å². The Morgan fingerprint density at radius 3 is 2.68 bits per heavy atom. The molecule has 3 N–H and O–H groups in total. The van der Waals surface area contributed by atoms with Gasteiger partial charge >= 0.3 is 6.61 Å². The minimum absolute atomic E-state index is 0.0397. The molecule has 0 saturated heterocycles. The summed E-state index contributed by atoms with van der Waals surface area (Å²) in [6.45, 7) is 1.31. The topological polar surface area (TPSA) is 64.3 Å². The third-order valence-electron chi connectivity index (χ3n) is 2.91. The van der Waals surface area contributed by atoms with Crippen molar-refractivity contribution in [2.75, 3.05) is 6.54 Å². The first-order chi connectivity index (χ1) is 8.93. The van der Waals surface area contributed by atoms with E-state index in [0.717, 1.165) is 0 Å². The van der Waals surface area contributed by atoms with Gasteiger partial charge < -0.3 is 15.8 Å². The summed E-state index contributed by atoms with van der Waals surface area (Å²) >= 11 is 0. The van der Waals surface area contributed by atoms with Crippen LogP contribution in [0.25, 0.3) is 0 Å². The highest BCUT2D eigenvalue weighted by molar-refractivity contribution is 5.94. The van der Waals surface area contributed by atoms with Crippen molar-refractivity contribution in [3.05, 3.63) is 29.8 Å². The Balaban J connectivity index is 2.71. The van der Waals surface area contributed by atoms with E-state index < -0.39 is 6.61 Å². The van der Waals surface area contributed by atoms with Crippen molar-refractivity contribution in [3.63, 3.8) is 0 Å². The van der Waals surface area contributed by atoms with E-state index in [1.165, 1.54) is 24.3 Å². The molecule has 0 heterocycles. The average Bonchev–Trinajstić information content (AvgIpc) is 2.37. The highest BCUT2D eigenvalue weighted by atomic mass is 19.3. The molecule has 19 heavy (non-hydrogen) atoms. The third-order valence-corrected chi connectivity index (χ3v) is 2.91. The van der Waals surface area contributed by atoms with E-state index in [2.05, 4.69) is 10.1 Å². The van der Waals surface area contributed by atoms with Crippen LogP contribution < -0.4 is 15.8 Å². The molecule has 0 fully saturated rings. The fourth-order valence-corrected chi connectivity index (χ4v) is 1.45. The summed E-state index contributed by atoms with van der Waals surface area (Å²) in [6, 6.07) is 5.57. The number of hydrogen-bond acceptors (Lipinski definition) is 3. The highest BCUT2D eigenvalue weighted by Gasteiger charge is 2.15. The molecular weight excluding hydrogens is 254 g/mol. The van der Waals surface area contributed by atoms with Crippen LogP contribution in [0.15, 0.2) is 24.3 Å². The Labute approximate surface area is 110 Å². The average molecular weight is 272 g/mol. The van der Waals surface area contributed by atoms with Crippen LogP contribution >= 0.6 is 0 Å². The van der Waals surface area contributed by atoms with Gasteiger partial charge in [-0.25, -0.2) is 0 Å². The molecule has 0 saturated carbocycles. The monoisotopic (exact) mass is 272 g/mol. The van der Waals surface area contributed by atoms with Gasteiger partial charge in [-0.2, -0.15) is 8.78 Å². The second-order valence-electron chi connectivity index (χ2n) is 4.38. The Bertz CT molecular complexity index is 427. The molecule has 1 amide bonds. The maximum Gasteiger partial charge on any atom is 0.387 e. The summed E-state index contributed by atoms with van der Waals surface area (Å²) in [7, 11) is 0. The number of benzene rings is 1. The summed E-state index contributed by atoms with van der Waals surface area (Å²) in [4.78, 5) is 11.9. The number of nitrogens with one attached hydrogen (secondary N) is 1. The van der Waals surface area contributed by atoms with Gasteiger partial charge in [-0.1, -0.05) is 13.0 Å². The van der Waals surface area contributed by atoms with Crippen LogP contribution in [0.4, 0.5) is 8.78 Å². The Kier molecular flexibility index (Phi) is 5.69. The predicted octanol–water partition coefficient (Wildman–Crippen LogP) is 2.00. The number of rotatable bonds is 6. The maximum atomic E-state index is 12.1. The van der Waals surface area contributed by atoms with Crippen LogP contribution in [0, 0.1) is 5.92 Å². The second kappa shape index (κ2) is 7.04. The van der Waals surface area contributed by atoms with E-state index in [-0.39, 0.29) is 29.2 Å². The van der Waals surface area contributed by atoms with Crippen LogP contribution in [0.5, 0.6) is 5.75 Å². The highest BCUT2D eigenvalue weighted by Crippen LogP contribution is 2.16. The molecule has 1 aromatic carbocycles. The lowest BCUT2D eigenvalue weighted by Crippen LogP contribution is -2.39. The lowest BCUT2D eigenvalue weighted by molar-refractivity contribution is -0.0498. The van der Waals surface area contributed by atoms with Gasteiger partial charge in [-0.05, 0) is 37.6 Å². The maximum absolute atomic E-state index is 12.1. The summed E-state index contributed by atoms with van der Waals surface area (Å²) in [5.41, 5.74) is 5.78. The Hall–Kier alpha value is -1.69. The van der Waals surface area contributed by atoms with Crippen molar-refractivity contribution in [2.24, 2.45) is 11.7 Å². The van der Waals surface area contributed by atoms with E-state index in [1.54, 1.807) is 0 Å². The molecule has 0 aliphatic rings. The van der Waals surface area contributed by atoms with Gasteiger partial charge in [-0.15, -0.1) is 0 Å². The van der Waals surface area contributed by atoms with Crippen molar-refractivity contribution in [2.45, 2.75) is 26.5 Å². The van der Waals surface area contributed by atoms with Gasteiger partial charge in [0.2, 0.25) is 0 Å². The van der Waals surface area contributed by atoms with Crippen molar-refractivity contribution in [3.8, 4) is 5.75 Å². The van der Waals surface area contributed by atoms with Gasteiger partial charge in [0.05, 0.1) is 0 Å². The first-order valence-corrected chi connectivity index (χ1v) is 5.99. The smallest absolute Gasteiger partial charge is 0.387 e. The number of alkyl halides is 2. The number of hydrogen-bond donors (Lipinski definition) is 2. The first-order valence-electron chi connectivity index (χ1n) is 5.99. The molecule has 2 atom stereocenters. The molecule has 0 aromatic heterocycles. The van der Waals surface area contributed by atoms with E-state index in [9.17, 15) is 13.6 Å². The minimum Gasteiger partial charge on any atom is -0.435 e. The molecule has 2 unspecified atom stereocenters. The van der Waals surface area contributed by atoms with Crippen molar-refractivity contribution in [1.82, 2.24) is 5.32 Å². The first kappa shape index (κ1) is 15.4. The minimum atomic E-state index is -2.91. The Morgan fingerprint density at radius 2 is 2.11 bits per heavy atom. The van der Waals surface area contributed by atoms with E-state index in [0.29, 0.717) is 6.54 Å². The SMILES string of the molecule is CC(CN)C(C)NC(=O)c1cccc(OC(F)F)c1. The zero-order chi connectivity index (χ0) is 14.4. The molecule has 0 bridgehead atoms. The van der Waals surface area contributed by atoms with Gasteiger partial charge in [0, 0.05) is 11.6 Å². The molecule has 1 aromatic rings. The summed E-state index contributed by atoms with van der Waals surface area (Å²) in [6.07, 6.45) is 0. The van der Waals surface area contributed by atoms with E-state index in [4.69, 9.17) is 5.73 Å². The number of halogens is 2. The molecule has 4 nitrogen and oxygen atoms in total. The van der Waals surface area contributed by atoms with Crippen molar-refractivity contribution >= 4 is 5.91 Å². The van der Waals surface area contributed by atoms with Crippen LogP contribution in [-0.4, -0.2) is 25.1 Å². The predicted molar refractivity (Wildman–Crippen MR) is 68.2 cm³/mol. The third kappa shape index (κ3) is 4.82. The molecule has 1 rings (SSSR count). The molecule has 6 heteroatoms. The fraction of sp³-hybridized carbons (Fsp3) is 0.462. The van der Waals surface area contributed by atoms with Gasteiger partial charge in [0.25, 0.3) is 5.91 Å². The zero-order valence-corrected chi connectivity index (χ0v) is 10.9. The van der Waals surface area contributed by atoms with Gasteiger partial charge in [-0.3, -0.25) is 4.79 Å². The second-order valence-corrected chi connectivity index (χ2v) is 4.38. The quantitative estimate of drug-likeness (QED) is 0.832. The molecule has 0 aliphatic heterocycles. The van der Waals surface area contributed by atoms with Crippen LogP contribution in [-0.2, 0) is 0 Å². The number of nitrogens with two attached hydrogens (primary N) is 1. The molecule has 0 aliphatic carbocycles. The lowest BCUT2D eigenvalue weighted by Gasteiger charge is -2.19. The summed E-state index contributed by atoms with van der Waals surface area (Å²) in [5.74, 6) is -0.251. The standard InChI is InChI=1S/C13H18F2N2O2/c1-8(7-16)9(2)17-12(18)10-4-3-5-11(6-10)19-13(14)15/h3-6,8-9,13H,7,16H2,1-2H3,(H,17,18). The van der Waals surface area contributed by atoms with Crippen molar-refractivity contribution < 1.29 is 18.3 Å². The van der Waals surface area contributed by atoms with Crippen molar-refractivity contribution in [1.29, 1.82) is 0 Å². The number of carbonyl (C=O) groups excluding carboxylic acids is 1. The molecular formula is C13H18F2N2O2. The fourth-order valence-electron chi connectivity index (χ4n) is 1.45.